The molecule has 39 heavy (non-hydrogen) atoms. The van der Waals surface area contributed by atoms with Crippen LogP contribution in [0.4, 0.5) is 0 Å². The second kappa shape index (κ2) is 9.03. The number of benzene rings is 1. The highest BCUT2D eigenvalue weighted by Gasteiger charge is 2.64. The minimum atomic E-state index is -1.83. The van der Waals surface area contributed by atoms with Crippen molar-refractivity contribution in [3.8, 4) is 0 Å². The number of aliphatic hydroxyl groups is 1. The molecule has 1 aromatic carbocycles. The number of rotatable bonds is 4. The molecule has 3 aliphatic carbocycles. The van der Waals surface area contributed by atoms with E-state index in [0.717, 1.165) is 5.57 Å². The zero-order valence-electron chi connectivity index (χ0n) is 23.9. The Balaban J connectivity index is 1.67. The fourth-order valence-corrected chi connectivity index (χ4v) is 8.27. The fourth-order valence-electron chi connectivity index (χ4n) is 8.27. The maximum absolute atomic E-state index is 14.3. The molecule has 0 bridgehead atoms. The minimum absolute atomic E-state index is 0.270. The summed E-state index contributed by atoms with van der Waals surface area (Å²) in [5.41, 5.74) is 1.41. The second-order valence-corrected chi connectivity index (χ2v) is 12.8. The summed E-state index contributed by atoms with van der Waals surface area (Å²) in [6, 6.07) is 3.40. The van der Waals surface area contributed by atoms with Crippen LogP contribution in [0.1, 0.15) is 92.1 Å². The molecular formula is C33H38O6. The van der Waals surface area contributed by atoms with Crippen LogP contribution in [0.2, 0.25) is 0 Å². The molecule has 0 aromatic heterocycles. The van der Waals surface area contributed by atoms with Crippen LogP contribution in [0.3, 0.4) is 0 Å². The largest absolute Gasteiger partial charge is 0.381 e. The molecule has 1 heterocycles. The molecule has 1 N–H and O–H groups in total. The van der Waals surface area contributed by atoms with Crippen LogP contribution >= 0.6 is 0 Å². The van der Waals surface area contributed by atoms with Gasteiger partial charge < -0.3 is 9.84 Å². The van der Waals surface area contributed by atoms with E-state index in [-0.39, 0.29) is 11.7 Å². The van der Waals surface area contributed by atoms with Crippen molar-refractivity contribution in [2.75, 3.05) is 13.2 Å². The highest BCUT2D eigenvalue weighted by Crippen LogP contribution is 2.63. The van der Waals surface area contributed by atoms with Crippen molar-refractivity contribution >= 4 is 23.1 Å². The van der Waals surface area contributed by atoms with Crippen LogP contribution in [0.15, 0.2) is 46.6 Å². The summed E-state index contributed by atoms with van der Waals surface area (Å²) in [4.78, 5) is 55.0. The molecule has 5 rings (SSSR count). The number of ether oxygens (including phenoxy) is 1. The van der Waals surface area contributed by atoms with Crippen molar-refractivity contribution in [2.45, 2.75) is 79.2 Å². The van der Waals surface area contributed by atoms with E-state index in [0.29, 0.717) is 89.9 Å². The van der Waals surface area contributed by atoms with Gasteiger partial charge in [0.25, 0.3) is 0 Å². The first kappa shape index (κ1) is 27.6. The quantitative estimate of drug-likeness (QED) is 0.422. The lowest BCUT2D eigenvalue weighted by Gasteiger charge is -2.58. The molecule has 1 aromatic rings. The van der Waals surface area contributed by atoms with Crippen LogP contribution in [0.25, 0.3) is 0 Å². The maximum atomic E-state index is 14.3. The number of allylic oxidation sites excluding steroid dienone is 3. The van der Waals surface area contributed by atoms with Crippen LogP contribution in [0, 0.1) is 23.7 Å². The number of hydrogen-bond donors (Lipinski definition) is 1. The lowest BCUT2D eigenvalue weighted by Crippen LogP contribution is -2.63. The first-order valence-electron chi connectivity index (χ1n) is 13.9. The number of Topliss-reactive ketones (excluding diaryl/α,β-unsaturated/α-hetero) is 4. The molecule has 6 heteroatoms. The van der Waals surface area contributed by atoms with Gasteiger partial charge >= 0.3 is 0 Å². The van der Waals surface area contributed by atoms with Crippen molar-refractivity contribution in [1.82, 2.24) is 0 Å². The number of aryl methyl sites for hydroxylation is 1. The Labute approximate surface area is 230 Å². The zero-order chi connectivity index (χ0) is 28.7. The van der Waals surface area contributed by atoms with E-state index < -0.39 is 33.8 Å². The van der Waals surface area contributed by atoms with Crippen molar-refractivity contribution in [3.63, 3.8) is 0 Å². The van der Waals surface area contributed by atoms with Gasteiger partial charge in [0.05, 0.1) is 0 Å². The molecule has 4 aliphatic rings. The molecule has 1 fully saturated rings. The highest BCUT2D eigenvalue weighted by atomic mass is 16.5. The predicted molar refractivity (Wildman–Crippen MR) is 148 cm³/mol. The monoisotopic (exact) mass is 530 g/mol. The summed E-state index contributed by atoms with van der Waals surface area (Å²) in [5, 5.41) is 12.2. The fraction of sp³-hybridized carbons (Fsp3) is 0.515. The molecule has 0 spiro atoms. The van der Waals surface area contributed by atoms with E-state index in [1.165, 1.54) is 0 Å². The summed E-state index contributed by atoms with van der Waals surface area (Å²) in [6.07, 6.45) is 2.29. The maximum Gasteiger partial charge on any atom is 0.229 e. The van der Waals surface area contributed by atoms with Gasteiger partial charge in [0, 0.05) is 52.2 Å². The van der Waals surface area contributed by atoms with E-state index in [1.807, 2.05) is 27.7 Å². The van der Waals surface area contributed by atoms with E-state index in [1.54, 1.807) is 26.0 Å². The number of carbonyl (C=O) groups is 4. The Morgan fingerprint density at radius 3 is 2.31 bits per heavy atom. The minimum Gasteiger partial charge on any atom is -0.381 e. The van der Waals surface area contributed by atoms with Gasteiger partial charge in [0.1, 0.15) is 0 Å². The average molecular weight is 531 g/mol. The van der Waals surface area contributed by atoms with E-state index in [4.69, 9.17) is 4.74 Å². The van der Waals surface area contributed by atoms with E-state index in [2.05, 4.69) is 6.58 Å². The normalized spacial score (nSPS) is 31.1. The molecule has 206 valence electrons. The number of fused-ring (bicyclic) bond motifs is 3. The molecule has 6 nitrogen and oxygen atoms in total. The van der Waals surface area contributed by atoms with Crippen LogP contribution in [-0.2, 0) is 20.7 Å². The van der Waals surface area contributed by atoms with Gasteiger partial charge in [0.15, 0.2) is 17.2 Å². The second-order valence-electron chi connectivity index (χ2n) is 12.8. The smallest absolute Gasteiger partial charge is 0.229 e. The van der Waals surface area contributed by atoms with Gasteiger partial charge in [-0.2, -0.15) is 0 Å². The van der Waals surface area contributed by atoms with Crippen molar-refractivity contribution in [3.05, 3.63) is 68.8 Å². The number of hydrogen-bond acceptors (Lipinski definition) is 6. The Hall–Kier alpha value is -2.96. The van der Waals surface area contributed by atoms with Gasteiger partial charge in [-0.05, 0) is 82.1 Å². The Morgan fingerprint density at radius 1 is 1.05 bits per heavy atom. The highest BCUT2D eigenvalue weighted by molar-refractivity contribution is 6.45. The Morgan fingerprint density at radius 2 is 1.69 bits per heavy atom. The lowest BCUT2D eigenvalue weighted by molar-refractivity contribution is -0.149. The number of carbonyl (C=O) groups excluding carboxylic acids is 4. The average Bonchev–Trinajstić information content (AvgIpc) is 2.85. The third kappa shape index (κ3) is 3.75. The van der Waals surface area contributed by atoms with Crippen molar-refractivity contribution < 1.29 is 29.0 Å². The molecule has 1 saturated heterocycles. The molecule has 0 radical (unpaired) electrons. The predicted octanol–water partition coefficient (Wildman–Crippen LogP) is 5.24. The Kier molecular flexibility index (Phi) is 6.39. The van der Waals surface area contributed by atoms with E-state index >= 15 is 0 Å². The zero-order valence-corrected chi connectivity index (χ0v) is 23.9. The molecule has 0 amide bonds. The van der Waals surface area contributed by atoms with Gasteiger partial charge in [-0.25, -0.2) is 0 Å². The lowest BCUT2D eigenvalue weighted by atomic mass is 9.46. The third-order valence-electron chi connectivity index (χ3n) is 9.84. The molecule has 0 saturated carbocycles. The standard InChI is InChI=1S/C33H38O6/c1-17(2)24-19(4)14-32(7)16-31(6)15-23-22(28(35)27(34)21-10-12-39-13-11-21)9-8-18(3)25(23)29(36)26(31)20(5)33(32,38)30(24)37/h8-9,21,38H,1,10-16H2,2-7H3/t31-,32+,33-/m1/s1. The van der Waals surface area contributed by atoms with Gasteiger partial charge in [-0.15, -0.1) is 0 Å². The Bertz CT molecular complexity index is 1430. The van der Waals surface area contributed by atoms with Crippen LogP contribution in [-0.4, -0.2) is 47.1 Å². The van der Waals surface area contributed by atoms with Crippen LogP contribution in [0.5, 0.6) is 0 Å². The molecular weight excluding hydrogens is 492 g/mol. The third-order valence-corrected chi connectivity index (χ3v) is 9.84. The first-order valence-corrected chi connectivity index (χ1v) is 13.9. The van der Waals surface area contributed by atoms with Crippen LogP contribution < -0.4 is 0 Å². The number of ketones is 4. The van der Waals surface area contributed by atoms with Crippen molar-refractivity contribution in [1.29, 1.82) is 0 Å². The first-order chi connectivity index (χ1) is 18.2. The molecule has 3 atom stereocenters. The summed E-state index contributed by atoms with van der Waals surface area (Å²) >= 11 is 0. The summed E-state index contributed by atoms with van der Waals surface area (Å²) in [7, 11) is 0. The SMILES string of the molecule is C=C(C)C1=C(C)C[C@@]2(C)C[C@@]3(C)Cc4c(C(=O)C(=O)C5CCOCC5)ccc(C)c4C(=O)C3=C(C)[C@@]2(O)C1=O. The van der Waals surface area contributed by atoms with Crippen molar-refractivity contribution in [2.24, 2.45) is 16.7 Å². The molecule has 1 aliphatic heterocycles. The summed E-state index contributed by atoms with van der Waals surface area (Å²) in [6.45, 7) is 16.0. The summed E-state index contributed by atoms with van der Waals surface area (Å²) < 4.78 is 5.37. The van der Waals surface area contributed by atoms with Gasteiger partial charge in [0.2, 0.25) is 11.6 Å². The summed E-state index contributed by atoms with van der Waals surface area (Å²) in [5.74, 6) is -2.00. The topological polar surface area (TPSA) is 97.7 Å². The van der Waals surface area contributed by atoms with Gasteiger partial charge in [-0.1, -0.05) is 38.1 Å². The molecule has 0 unspecified atom stereocenters. The van der Waals surface area contributed by atoms with Gasteiger partial charge in [-0.3, -0.25) is 19.2 Å². The van der Waals surface area contributed by atoms with E-state index in [9.17, 15) is 24.3 Å².